The van der Waals surface area contributed by atoms with Crippen LogP contribution in [0.2, 0.25) is 0 Å². The number of nitrogens with zero attached hydrogens (tertiary/aromatic N) is 2. The predicted octanol–water partition coefficient (Wildman–Crippen LogP) is 4.48. The van der Waals surface area contributed by atoms with Crippen molar-refractivity contribution in [2.75, 3.05) is 0 Å². The minimum absolute atomic E-state index is 0.213. The van der Waals surface area contributed by atoms with Gasteiger partial charge in [0.2, 0.25) is 0 Å². The summed E-state index contributed by atoms with van der Waals surface area (Å²) in [4.78, 5) is 3.37. The fraction of sp³-hybridized carbons (Fsp3) is 0.143. The molecule has 0 saturated heterocycles. The molecule has 3 rings (SSSR count). The molecular weight excluding hydrogens is 304 g/mol. The van der Waals surface area contributed by atoms with E-state index in [1.54, 1.807) is 19.1 Å². The number of halogens is 4. The fourth-order valence-electron chi connectivity index (χ4n) is 1.87. The molecule has 0 atom stereocenters. The van der Waals surface area contributed by atoms with Crippen LogP contribution in [0.3, 0.4) is 0 Å². The summed E-state index contributed by atoms with van der Waals surface area (Å²) >= 11 is 0. The highest BCUT2D eigenvalue weighted by Gasteiger charge is 2.32. The summed E-state index contributed by atoms with van der Waals surface area (Å²) < 4.78 is 61.2. The number of aryl methyl sites for hydroxylation is 1. The van der Waals surface area contributed by atoms with Crippen LogP contribution in [0.4, 0.5) is 17.6 Å². The van der Waals surface area contributed by atoms with Gasteiger partial charge in [-0.1, -0.05) is 5.16 Å². The van der Waals surface area contributed by atoms with E-state index in [2.05, 4.69) is 10.1 Å². The average molecular weight is 312 g/mol. The van der Waals surface area contributed by atoms with Crippen molar-refractivity contribution in [2.24, 2.45) is 0 Å². The standard InChI is InChI=1S/C14H8F4N2O2/c1-7-10-5-9(2-3-12(10)22-20-7)21-13-11(15)4-8(6-19-13)14(16,17)18/h2-6H,1H3. The lowest BCUT2D eigenvalue weighted by Crippen LogP contribution is -2.06. The molecular formula is C14H8F4N2O2. The molecule has 0 spiro atoms. The van der Waals surface area contributed by atoms with Gasteiger partial charge in [0.05, 0.1) is 11.3 Å². The molecule has 0 aliphatic carbocycles. The van der Waals surface area contributed by atoms with E-state index in [0.717, 1.165) is 0 Å². The van der Waals surface area contributed by atoms with Gasteiger partial charge >= 0.3 is 6.18 Å². The van der Waals surface area contributed by atoms with E-state index in [-0.39, 0.29) is 5.75 Å². The first-order valence-corrected chi connectivity index (χ1v) is 6.11. The van der Waals surface area contributed by atoms with Crippen LogP contribution < -0.4 is 4.74 Å². The van der Waals surface area contributed by atoms with Gasteiger partial charge in [-0.15, -0.1) is 0 Å². The lowest BCUT2D eigenvalue weighted by molar-refractivity contribution is -0.138. The van der Waals surface area contributed by atoms with E-state index in [1.807, 2.05) is 0 Å². The van der Waals surface area contributed by atoms with E-state index in [0.29, 0.717) is 28.9 Å². The normalized spacial score (nSPS) is 11.9. The molecule has 1 aromatic carbocycles. The molecule has 0 radical (unpaired) electrons. The van der Waals surface area contributed by atoms with Crippen LogP contribution in [-0.4, -0.2) is 10.1 Å². The molecule has 3 aromatic rings. The van der Waals surface area contributed by atoms with Crippen LogP contribution in [0.5, 0.6) is 11.6 Å². The van der Waals surface area contributed by atoms with Crippen LogP contribution in [0.1, 0.15) is 11.3 Å². The summed E-state index contributed by atoms with van der Waals surface area (Å²) in [5.41, 5.74) is -0.0466. The summed E-state index contributed by atoms with van der Waals surface area (Å²) in [5.74, 6) is -1.52. The second-order valence-corrected chi connectivity index (χ2v) is 4.54. The van der Waals surface area contributed by atoms with Gasteiger partial charge in [0, 0.05) is 11.6 Å². The van der Waals surface area contributed by atoms with Gasteiger partial charge in [0.15, 0.2) is 11.4 Å². The molecule has 2 aromatic heterocycles. The van der Waals surface area contributed by atoms with Crippen molar-refractivity contribution >= 4 is 11.0 Å². The van der Waals surface area contributed by atoms with Crippen molar-refractivity contribution in [3.63, 3.8) is 0 Å². The SMILES string of the molecule is Cc1noc2ccc(Oc3ncc(C(F)(F)F)cc3F)cc12. The number of rotatable bonds is 2. The fourth-order valence-corrected chi connectivity index (χ4v) is 1.87. The molecule has 22 heavy (non-hydrogen) atoms. The van der Waals surface area contributed by atoms with Crippen molar-refractivity contribution in [3.8, 4) is 11.6 Å². The first-order valence-electron chi connectivity index (χ1n) is 6.11. The Morgan fingerprint density at radius 3 is 2.64 bits per heavy atom. The summed E-state index contributed by atoms with van der Waals surface area (Å²) in [6.45, 7) is 1.71. The van der Waals surface area contributed by atoms with E-state index in [4.69, 9.17) is 9.26 Å². The lowest BCUT2D eigenvalue weighted by atomic mass is 10.2. The highest BCUT2D eigenvalue weighted by atomic mass is 19.4. The van der Waals surface area contributed by atoms with Crippen LogP contribution >= 0.6 is 0 Å². The molecule has 0 unspecified atom stereocenters. The van der Waals surface area contributed by atoms with Gasteiger partial charge < -0.3 is 9.26 Å². The number of aromatic nitrogens is 2. The third-order valence-corrected chi connectivity index (χ3v) is 2.97. The van der Waals surface area contributed by atoms with Crippen LogP contribution in [0.25, 0.3) is 11.0 Å². The Labute approximate surface area is 121 Å². The van der Waals surface area contributed by atoms with Crippen LogP contribution in [0.15, 0.2) is 35.0 Å². The molecule has 2 heterocycles. The van der Waals surface area contributed by atoms with E-state index in [9.17, 15) is 17.6 Å². The number of ether oxygens (including phenoxy) is 1. The van der Waals surface area contributed by atoms with Crippen LogP contribution in [0, 0.1) is 12.7 Å². The largest absolute Gasteiger partial charge is 0.436 e. The summed E-state index contributed by atoms with van der Waals surface area (Å²) in [7, 11) is 0. The zero-order valence-electron chi connectivity index (χ0n) is 11.1. The first kappa shape index (κ1) is 14.3. The third kappa shape index (κ3) is 2.59. The summed E-state index contributed by atoms with van der Waals surface area (Å²) in [6, 6.07) is 4.92. The molecule has 114 valence electrons. The maximum atomic E-state index is 13.7. The van der Waals surface area contributed by atoms with Gasteiger partial charge in [-0.05, 0) is 31.2 Å². The highest BCUT2D eigenvalue weighted by Crippen LogP contribution is 2.32. The molecule has 0 N–H and O–H groups in total. The van der Waals surface area contributed by atoms with Gasteiger partial charge in [-0.3, -0.25) is 0 Å². The van der Waals surface area contributed by atoms with Crippen molar-refractivity contribution in [2.45, 2.75) is 13.1 Å². The molecule has 0 aliphatic rings. The van der Waals surface area contributed by atoms with Gasteiger partial charge in [0.25, 0.3) is 5.88 Å². The smallest absolute Gasteiger partial charge is 0.417 e. The Bertz CT molecular complexity index is 842. The Hall–Kier alpha value is -2.64. The average Bonchev–Trinajstić information content (AvgIpc) is 2.81. The van der Waals surface area contributed by atoms with Gasteiger partial charge in [-0.25, -0.2) is 9.37 Å². The predicted molar refractivity (Wildman–Crippen MR) is 68.0 cm³/mol. The number of hydrogen-bond acceptors (Lipinski definition) is 4. The zero-order chi connectivity index (χ0) is 15.9. The minimum Gasteiger partial charge on any atom is -0.436 e. The number of alkyl halides is 3. The van der Waals surface area contributed by atoms with E-state index >= 15 is 0 Å². The van der Waals surface area contributed by atoms with Gasteiger partial charge in [-0.2, -0.15) is 13.2 Å². The summed E-state index contributed by atoms with van der Waals surface area (Å²) in [5, 5.41) is 4.41. The molecule has 8 heteroatoms. The minimum atomic E-state index is -4.66. The van der Waals surface area contributed by atoms with Crippen molar-refractivity contribution in [3.05, 3.63) is 47.5 Å². The zero-order valence-corrected chi connectivity index (χ0v) is 11.1. The van der Waals surface area contributed by atoms with Crippen molar-refractivity contribution in [1.82, 2.24) is 10.1 Å². The monoisotopic (exact) mass is 312 g/mol. The van der Waals surface area contributed by atoms with Crippen molar-refractivity contribution < 1.29 is 26.8 Å². The Kier molecular flexibility index (Phi) is 3.23. The maximum absolute atomic E-state index is 13.7. The number of hydrogen-bond donors (Lipinski definition) is 0. The number of fused-ring (bicyclic) bond motifs is 1. The number of pyridine rings is 1. The summed E-state index contributed by atoms with van der Waals surface area (Å²) in [6.07, 6.45) is -4.15. The Morgan fingerprint density at radius 2 is 1.95 bits per heavy atom. The first-order chi connectivity index (χ1) is 10.3. The maximum Gasteiger partial charge on any atom is 0.417 e. The van der Waals surface area contributed by atoms with Crippen LogP contribution in [-0.2, 0) is 6.18 Å². The Morgan fingerprint density at radius 1 is 1.18 bits per heavy atom. The second kappa shape index (κ2) is 4.97. The van der Waals surface area contributed by atoms with Gasteiger partial charge in [0.1, 0.15) is 5.75 Å². The molecule has 0 aliphatic heterocycles. The molecule has 4 nitrogen and oxygen atoms in total. The molecule has 0 bridgehead atoms. The lowest BCUT2D eigenvalue weighted by Gasteiger charge is -2.09. The molecule has 0 amide bonds. The third-order valence-electron chi connectivity index (χ3n) is 2.97. The number of benzene rings is 1. The Balaban J connectivity index is 1.93. The highest BCUT2D eigenvalue weighted by molar-refractivity contribution is 5.80. The molecule has 0 saturated carbocycles. The quantitative estimate of drug-likeness (QED) is 0.655. The van der Waals surface area contributed by atoms with E-state index in [1.165, 1.54) is 6.07 Å². The molecule has 0 fully saturated rings. The van der Waals surface area contributed by atoms with Crippen molar-refractivity contribution in [1.29, 1.82) is 0 Å². The topological polar surface area (TPSA) is 48.2 Å². The second-order valence-electron chi connectivity index (χ2n) is 4.54. The van der Waals surface area contributed by atoms with E-state index < -0.39 is 23.4 Å².